The van der Waals surface area contributed by atoms with Gasteiger partial charge in [-0.3, -0.25) is 9.52 Å². The number of H-pyrrole nitrogens is 1. The third-order valence-electron chi connectivity index (χ3n) is 2.70. The first-order valence-corrected chi connectivity index (χ1v) is 7.78. The number of halogens is 1. The highest BCUT2D eigenvalue weighted by molar-refractivity contribution is 7.92. The molecule has 0 fully saturated rings. The van der Waals surface area contributed by atoms with Crippen LogP contribution in [-0.2, 0) is 21.4 Å². The summed E-state index contributed by atoms with van der Waals surface area (Å²) in [7, 11) is -2.33. The van der Waals surface area contributed by atoms with Crippen LogP contribution in [0.3, 0.4) is 0 Å². The quantitative estimate of drug-likeness (QED) is 0.878. The van der Waals surface area contributed by atoms with Gasteiger partial charge in [0.1, 0.15) is 9.92 Å². The van der Waals surface area contributed by atoms with E-state index in [4.69, 9.17) is 16.3 Å². The summed E-state index contributed by atoms with van der Waals surface area (Å²) in [5.74, 6) is 0. The van der Waals surface area contributed by atoms with Gasteiger partial charge >= 0.3 is 0 Å². The van der Waals surface area contributed by atoms with Crippen molar-refractivity contribution in [2.75, 3.05) is 11.8 Å². The second-order valence-corrected chi connectivity index (χ2v) is 6.30. The summed E-state index contributed by atoms with van der Waals surface area (Å²) in [5, 5.41) is -0.192. The summed E-state index contributed by atoms with van der Waals surface area (Å²) in [6.45, 7) is 0.269. The number of hydrogen-bond acceptors (Lipinski definition) is 4. The molecule has 112 valence electrons. The van der Waals surface area contributed by atoms with Gasteiger partial charge in [0.05, 0.1) is 12.3 Å². The summed E-state index contributed by atoms with van der Waals surface area (Å²) >= 11 is 5.65. The molecule has 2 rings (SSSR count). The maximum Gasteiger partial charge on any atom is 0.266 e. The summed E-state index contributed by atoms with van der Waals surface area (Å²) in [6, 6.07) is 7.96. The van der Waals surface area contributed by atoms with Crippen LogP contribution in [-0.4, -0.2) is 20.5 Å². The Kier molecular flexibility index (Phi) is 4.66. The van der Waals surface area contributed by atoms with Gasteiger partial charge in [-0.2, -0.15) is 0 Å². The average molecular weight is 329 g/mol. The molecular weight excluding hydrogens is 316 g/mol. The second-order valence-electron chi connectivity index (χ2n) is 4.21. The Balaban J connectivity index is 2.37. The van der Waals surface area contributed by atoms with Gasteiger partial charge in [0, 0.05) is 18.9 Å². The highest BCUT2D eigenvalue weighted by Gasteiger charge is 2.17. The van der Waals surface area contributed by atoms with Crippen LogP contribution in [0.1, 0.15) is 5.56 Å². The predicted octanol–water partition coefficient (Wildman–Crippen LogP) is 1.98. The van der Waals surface area contributed by atoms with E-state index in [9.17, 15) is 13.2 Å². The van der Waals surface area contributed by atoms with Crippen molar-refractivity contribution in [3.05, 3.63) is 57.5 Å². The predicted molar refractivity (Wildman–Crippen MR) is 80.0 cm³/mol. The van der Waals surface area contributed by atoms with Crippen LogP contribution in [0.5, 0.6) is 0 Å². The molecule has 0 saturated carbocycles. The van der Waals surface area contributed by atoms with Crippen LogP contribution < -0.4 is 10.3 Å². The first-order chi connectivity index (χ1) is 9.94. The fourth-order valence-corrected chi connectivity index (χ4v) is 3.03. The molecule has 21 heavy (non-hydrogen) atoms. The van der Waals surface area contributed by atoms with E-state index < -0.39 is 15.6 Å². The zero-order valence-electron chi connectivity index (χ0n) is 11.1. The standard InChI is InChI=1S/C13H13ClN2O4S/c1-20-8-9-4-2-3-5-12(9)16-21(18,19)10-6-11(14)13(17)15-7-10/h2-7,16H,8H2,1H3,(H,15,17). The fourth-order valence-electron chi connectivity index (χ4n) is 1.70. The summed E-state index contributed by atoms with van der Waals surface area (Å²) < 4.78 is 32.0. The summed E-state index contributed by atoms with van der Waals surface area (Å²) in [6.07, 6.45) is 1.09. The molecule has 2 aromatic rings. The Hall–Kier alpha value is -1.83. The zero-order chi connectivity index (χ0) is 15.5. The molecule has 2 N–H and O–H groups in total. The molecule has 0 atom stereocenters. The maximum absolute atomic E-state index is 12.3. The van der Waals surface area contributed by atoms with Crippen LogP contribution in [0.25, 0.3) is 0 Å². The molecule has 0 aliphatic carbocycles. The first-order valence-electron chi connectivity index (χ1n) is 5.92. The lowest BCUT2D eigenvalue weighted by Crippen LogP contribution is -2.17. The highest BCUT2D eigenvalue weighted by Crippen LogP contribution is 2.20. The zero-order valence-corrected chi connectivity index (χ0v) is 12.7. The van der Waals surface area contributed by atoms with Gasteiger partial charge in [-0.15, -0.1) is 0 Å². The second kappa shape index (κ2) is 6.30. The van der Waals surface area contributed by atoms with Crippen molar-refractivity contribution < 1.29 is 13.2 Å². The van der Waals surface area contributed by atoms with Gasteiger partial charge in [-0.05, 0) is 12.1 Å². The first kappa shape index (κ1) is 15.6. The molecule has 0 spiro atoms. The minimum atomic E-state index is -3.85. The molecule has 6 nitrogen and oxygen atoms in total. The molecule has 1 heterocycles. The molecule has 0 saturated heterocycles. The Labute approximate surface area is 126 Å². The van der Waals surface area contributed by atoms with Crippen molar-refractivity contribution >= 4 is 27.3 Å². The van der Waals surface area contributed by atoms with E-state index in [1.54, 1.807) is 24.3 Å². The number of aromatic amines is 1. The number of pyridine rings is 1. The van der Waals surface area contributed by atoms with E-state index in [1.165, 1.54) is 7.11 Å². The number of benzene rings is 1. The Morgan fingerprint density at radius 2 is 2.05 bits per heavy atom. The summed E-state index contributed by atoms with van der Waals surface area (Å²) in [4.78, 5) is 13.3. The van der Waals surface area contributed by atoms with Crippen molar-refractivity contribution in [2.45, 2.75) is 11.5 Å². The van der Waals surface area contributed by atoms with E-state index in [1.807, 2.05) is 0 Å². The van der Waals surface area contributed by atoms with Crippen LogP contribution in [0.2, 0.25) is 5.02 Å². The SMILES string of the molecule is COCc1ccccc1NS(=O)(=O)c1c[nH]c(=O)c(Cl)c1. The van der Waals surface area contributed by atoms with Gasteiger partial charge in [-0.1, -0.05) is 29.8 Å². The molecule has 1 aromatic heterocycles. The molecule has 0 aliphatic rings. The summed E-state index contributed by atoms with van der Waals surface area (Å²) in [5.41, 5.74) is 0.552. The number of anilines is 1. The number of methoxy groups -OCH3 is 1. The number of sulfonamides is 1. The van der Waals surface area contributed by atoms with Gasteiger partial charge in [0.2, 0.25) is 0 Å². The van der Waals surface area contributed by atoms with Crippen molar-refractivity contribution in [3.63, 3.8) is 0 Å². The van der Waals surface area contributed by atoms with E-state index in [0.29, 0.717) is 11.3 Å². The number of rotatable bonds is 5. The van der Waals surface area contributed by atoms with Crippen LogP contribution >= 0.6 is 11.6 Å². The molecule has 0 radical (unpaired) electrons. The van der Waals surface area contributed by atoms with Crippen molar-refractivity contribution in [1.82, 2.24) is 4.98 Å². The third kappa shape index (κ3) is 3.63. The number of para-hydroxylation sites is 1. The van der Waals surface area contributed by atoms with Crippen LogP contribution in [0.15, 0.2) is 46.2 Å². The molecular formula is C13H13ClN2O4S. The molecule has 0 aliphatic heterocycles. The number of ether oxygens (including phenoxy) is 1. The topological polar surface area (TPSA) is 88.3 Å². The molecule has 1 aromatic carbocycles. The molecule has 0 unspecified atom stereocenters. The normalized spacial score (nSPS) is 11.3. The maximum atomic E-state index is 12.3. The van der Waals surface area contributed by atoms with Crippen LogP contribution in [0, 0.1) is 0 Å². The molecule has 0 bridgehead atoms. The van der Waals surface area contributed by atoms with Gasteiger partial charge in [-0.25, -0.2) is 8.42 Å². The molecule has 0 amide bonds. The third-order valence-corrected chi connectivity index (χ3v) is 4.33. The van der Waals surface area contributed by atoms with Gasteiger partial charge in [0.15, 0.2) is 0 Å². The van der Waals surface area contributed by atoms with E-state index in [-0.39, 0.29) is 16.5 Å². The smallest absolute Gasteiger partial charge is 0.266 e. The van der Waals surface area contributed by atoms with E-state index >= 15 is 0 Å². The van der Waals surface area contributed by atoms with Crippen LogP contribution in [0.4, 0.5) is 5.69 Å². The largest absolute Gasteiger partial charge is 0.380 e. The molecule has 8 heteroatoms. The van der Waals surface area contributed by atoms with Crippen molar-refractivity contribution in [3.8, 4) is 0 Å². The van der Waals surface area contributed by atoms with Gasteiger partial charge < -0.3 is 9.72 Å². The lowest BCUT2D eigenvalue weighted by Gasteiger charge is -2.12. The minimum absolute atomic E-state index is 0.126. The lowest BCUT2D eigenvalue weighted by molar-refractivity contribution is 0.185. The van der Waals surface area contributed by atoms with Gasteiger partial charge in [0.25, 0.3) is 15.6 Å². The number of nitrogens with one attached hydrogen (secondary N) is 2. The fraction of sp³-hybridized carbons (Fsp3) is 0.154. The Morgan fingerprint density at radius 1 is 1.33 bits per heavy atom. The van der Waals surface area contributed by atoms with Crippen molar-refractivity contribution in [2.24, 2.45) is 0 Å². The van der Waals surface area contributed by atoms with E-state index in [2.05, 4.69) is 9.71 Å². The highest BCUT2D eigenvalue weighted by atomic mass is 35.5. The minimum Gasteiger partial charge on any atom is -0.380 e. The number of aromatic nitrogens is 1. The monoisotopic (exact) mass is 328 g/mol. The lowest BCUT2D eigenvalue weighted by atomic mass is 10.2. The Bertz CT molecular complexity index is 802. The van der Waals surface area contributed by atoms with E-state index in [0.717, 1.165) is 12.3 Å². The average Bonchev–Trinajstić information content (AvgIpc) is 2.44. The Morgan fingerprint density at radius 3 is 2.71 bits per heavy atom. The number of hydrogen-bond donors (Lipinski definition) is 2. The van der Waals surface area contributed by atoms with Crippen molar-refractivity contribution in [1.29, 1.82) is 0 Å².